The summed E-state index contributed by atoms with van der Waals surface area (Å²) in [5.41, 5.74) is -0.890. The highest BCUT2D eigenvalue weighted by atomic mass is 32.2. The van der Waals surface area contributed by atoms with E-state index in [-0.39, 0.29) is 23.8 Å². The van der Waals surface area contributed by atoms with Gasteiger partial charge < -0.3 is 4.98 Å². The van der Waals surface area contributed by atoms with Gasteiger partial charge in [-0.25, -0.2) is 13.4 Å². The van der Waals surface area contributed by atoms with Gasteiger partial charge in [-0.1, -0.05) is 25.5 Å². The van der Waals surface area contributed by atoms with Crippen LogP contribution in [-0.4, -0.2) is 29.2 Å². The fraction of sp³-hybridized carbons (Fsp3) is 0.300. The molecule has 2 aromatic carbocycles. The largest absolute Gasteiger partial charge is 0.416 e. The Morgan fingerprint density at radius 2 is 1.73 bits per heavy atom. The van der Waals surface area contributed by atoms with E-state index in [2.05, 4.69) is 9.97 Å². The zero-order valence-corrected chi connectivity index (χ0v) is 16.9. The third kappa shape index (κ3) is 4.71. The van der Waals surface area contributed by atoms with Gasteiger partial charge in [0.05, 0.1) is 27.9 Å². The molecule has 0 unspecified atom stereocenters. The maximum Gasteiger partial charge on any atom is 0.416 e. The van der Waals surface area contributed by atoms with E-state index < -0.39 is 27.3 Å². The molecule has 0 radical (unpaired) electrons. The van der Waals surface area contributed by atoms with Crippen LogP contribution in [0.5, 0.6) is 0 Å². The SMILES string of the molecule is CCCCN(Cc1nc2ccccc2c(=O)[nH]1)S(=O)(=O)c1ccc(C(F)(F)F)cc1. The van der Waals surface area contributed by atoms with Gasteiger partial charge >= 0.3 is 6.18 Å². The first-order valence-electron chi connectivity index (χ1n) is 9.28. The quantitative estimate of drug-likeness (QED) is 0.605. The molecule has 3 aromatic rings. The Morgan fingerprint density at radius 1 is 1.07 bits per heavy atom. The standard InChI is InChI=1S/C20H20F3N3O3S/c1-2-3-12-26(13-18-24-17-7-5-4-6-16(17)19(27)25-18)30(28,29)15-10-8-14(9-11-15)20(21,22)23/h4-11H,2-3,12-13H2,1H3,(H,24,25,27). The Hall–Kier alpha value is -2.72. The Balaban J connectivity index is 1.96. The molecule has 0 aliphatic rings. The molecular weight excluding hydrogens is 419 g/mol. The number of aromatic amines is 1. The molecule has 0 amide bonds. The summed E-state index contributed by atoms with van der Waals surface area (Å²) in [6, 6.07) is 10.0. The molecule has 30 heavy (non-hydrogen) atoms. The molecule has 1 aromatic heterocycles. The number of hydrogen-bond acceptors (Lipinski definition) is 4. The molecule has 160 valence electrons. The highest BCUT2D eigenvalue weighted by Crippen LogP contribution is 2.30. The molecule has 0 bridgehead atoms. The van der Waals surface area contributed by atoms with Gasteiger partial charge in [0.15, 0.2) is 0 Å². The van der Waals surface area contributed by atoms with Gasteiger partial charge in [0, 0.05) is 6.54 Å². The maximum atomic E-state index is 13.1. The predicted molar refractivity (Wildman–Crippen MR) is 106 cm³/mol. The van der Waals surface area contributed by atoms with Crippen LogP contribution in [0.3, 0.4) is 0 Å². The first-order chi connectivity index (χ1) is 14.1. The lowest BCUT2D eigenvalue weighted by molar-refractivity contribution is -0.137. The first-order valence-corrected chi connectivity index (χ1v) is 10.7. The Kier molecular flexibility index (Phi) is 6.27. The molecule has 1 heterocycles. The lowest BCUT2D eigenvalue weighted by Crippen LogP contribution is -2.33. The third-order valence-corrected chi connectivity index (χ3v) is 6.43. The van der Waals surface area contributed by atoms with Crippen LogP contribution in [0.25, 0.3) is 10.9 Å². The van der Waals surface area contributed by atoms with Crippen LogP contribution >= 0.6 is 0 Å². The van der Waals surface area contributed by atoms with Crippen LogP contribution in [0.1, 0.15) is 31.2 Å². The summed E-state index contributed by atoms with van der Waals surface area (Å²) < 4.78 is 65.6. The fourth-order valence-corrected chi connectivity index (χ4v) is 4.40. The zero-order valence-electron chi connectivity index (χ0n) is 16.1. The molecular formula is C20H20F3N3O3S. The number of aromatic nitrogens is 2. The van der Waals surface area contributed by atoms with Crippen molar-refractivity contribution in [3.8, 4) is 0 Å². The molecule has 6 nitrogen and oxygen atoms in total. The lowest BCUT2D eigenvalue weighted by Gasteiger charge is -2.22. The summed E-state index contributed by atoms with van der Waals surface area (Å²) in [5, 5.41) is 0.381. The number of rotatable bonds is 7. The molecule has 0 saturated heterocycles. The number of alkyl halides is 3. The maximum absolute atomic E-state index is 13.1. The first kappa shape index (κ1) is 22.0. The van der Waals surface area contributed by atoms with Crippen molar-refractivity contribution >= 4 is 20.9 Å². The van der Waals surface area contributed by atoms with Crippen molar-refractivity contribution in [2.24, 2.45) is 0 Å². The average molecular weight is 439 g/mol. The van der Waals surface area contributed by atoms with Gasteiger partial charge in [-0.15, -0.1) is 0 Å². The van der Waals surface area contributed by atoms with E-state index in [1.54, 1.807) is 24.3 Å². The van der Waals surface area contributed by atoms with Crippen molar-refractivity contribution in [1.29, 1.82) is 0 Å². The van der Waals surface area contributed by atoms with Crippen molar-refractivity contribution in [1.82, 2.24) is 14.3 Å². The summed E-state index contributed by atoms with van der Waals surface area (Å²) >= 11 is 0. The van der Waals surface area contributed by atoms with Gasteiger partial charge in [-0.2, -0.15) is 17.5 Å². The third-order valence-electron chi connectivity index (χ3n) is 4.57. The van der Waals surface area contributed by atoms with E-state index >= 15 is 0 Å². The van der Waals surface area contributed by atoms with Crippen molar-refractivity contribution in [3.05, 3.63) is 70.3 Å². The number of sulfonamides is 1. The molecule has 3 rings (SSSR count). The van der Waals surface area contributed by atoms with E-state index in [0.717, 1.165) is 28.6 Å². The Bertz CT molecular complexity index is 1190. The minimum atomic E-state index is -4.56. The van der Waals surface area contributed by atoms with Crippen LogP contribution in [-0.2, 0) is 22.7 Å². The van der Waals surface area contributed by atoms with Gasteiger partial charge in [0.1, 0.15) is 5.82 Å². The lowest BCUT2D eigenvalue weighted by atomic mass is 10.2. The van der Waals surface area contributed by atoms with E-state index in [4.69, 9.17) is 0 Å². The number of halogens is 3. The second kappa shape index (κ2) is 8.57. The van der Waals surface area contributed by atoms with E-state index in [9.17, 15) is 26.4 Å². The van der Waals surface area contributed by atoms with Crippen LogP contribution in [0.4, 0.5) is 13.2 Å². The Morgan fingerprint density at radius 3 is 2.37 bits per heavy atom. The van der Waals surface area contributed by atoms with Gasteiger partial charge in [0.25, 0.3) is 5.56 Å². The van der Waals surface area contributed by atoms with Crippen LogP contribution in [0.15, 0.2) is 58.2 Å². The second-order valence-corrected chi connectivity index (χ2v) is 8.68. The van der Waals surface area contributed by atoms with E-state index in [1.165, 1.54) is 0 Å². The summed E-state index contributed by atoms with van der Waals surface area (Å²) in [5.74, 6) is 0.158. The van der Waals surface area contributed by atoms with Gasteiger partial charge in [-0.3, -0.25) is 4.79 Å². The topological polar surface area (TPSA) is 83.1 Å². The molecule has 0 aliphatic carbocycles. The normalized spacial score (nSPS) is 12.6. The smallest absolute Gasteiger partial charge is 0.309 e. The monoisotopic (exact) mass is 439 g/mol. The molecule has 0 atom stereocenters. The highest BCUT2D eigenvalue weighted by molar-refractivity contribution is 7.89. The number of nitrogens with one attached hydrogen (secondary N) is 1. The van der Waals surface area contributed by atoms with Crippen molar-refractivity contribution < 1.29 is 21.6 Å². The van der Waals surface area contributed by atoms with Crippen molar-refractivity contribution in [2.75, 3.05) is 6.54 Å². The summed E-state index contributed by atoms with van der Waals surface area (Å²) in [6.07, 6.45) is -3.31. The number of hydrogen-bond donors (Lipinski definition) is 1. The number of benzene rings is 2. The molecule has 1 N–H and O–H groups in total. The predicted octanol–water partition coefficient (Wildman–Crippen LogP) is 3.93. The van der Waals surface area contributed by atoms with Gasteiger partial charge in [0.2, 0.25) is 10.0 Å². The number of para-hydroxylation sites is 1. The van der Waals surface area contributed by atoms with Crippen LogP contribution in [0.2, 0.25) is 0 Å². The summed E-state index contributed by atoms with van der Waals surface area (Å²) in [4.78, 5) is 18.9. The molecule has 0 aliphatic heterocycles. The van der Waals surface area contributed by atoms with Gasteiger partial charge in [-0.05, 0) is 42.8 Å². The number of unbranched alkanes of at least 4 members (excludes halogenated alkanes) is 1. The minimum absolute atomic E-state index is 0.135. The van der Waals surface area contributed by atoms with E-state index in [1.807, 2.05) is 6.92 Å². The molecule has 0 spiro atoms. The summed E-state index contributed by atoms with van der Waals surface area (Å²) in [6.45, 7) is 1.82. The number of H-pyrrole nitrogens is 1. The molecule has 10 heteroatoms. The molecule has 0 saturated carbocycles. The number of fused-ring (bicyclic) bond motifs is 1. The zero-order chi connectivity index (χ0) is 21.9. The van der Waals surface area contributed by atoms with Crippen molar-refractivity contribution in [2.45, 2.75) is 37.4 Å². The Labute approximate surface area is 171 Å². The highest BCUT2D eigenvalue weighted by Gasteiger charge is 2.31. The average Bonchev–Trinajstić information content (AvgIpc) is 2.70. The minimum Gasteiger partial charge on any atom is -0.309 e. The second-order valence-electron chi connectivity index (χ2n) is 6.74. The fourth-order valence-electron chi connectivity index (χ4n) is 2.96. The van der Waals surface area contributed by atoms with Crippen LogP contribution in [0, 0.1) is 0 Å². The van der Waals surface area contributed by atoms with E-state index in [0.29, 0.717) is 23.7 Å². The summed E-state index contributed by atoms with van der Waals surface area (Å²) in [7, 11) is -4.10. The van der Waals surface area contributed by atoms with Crippen molar-refractivity contribution in [3.63, 3.8) is 0 Å². The van der Waals surface area contributed by atoms with Crippen LogP contribution < -0.4 is 5.56 Å². The molecule has 0 fully saturated rings. The number of nitrogens with zero attached hydrogens (tertiary/aromatic N) is 2.